The lowest BCUT2D eigenvalue weighted by Gasteiger charge is -2.15. The van der Waals surface area contributed by atoms with Gasteiger partial charge in [0.15, 0.2) is 17.6 Å². The molecule has 0 aliphatic carbocycles. The highest BCUT2D eigenvalue weighted by atomic mass is 16.7. The molecule has 6 nitrogen and oxygen atoms in total. The molecule has 3 aromatic rings. The summed E-state index contributed by atoms with van der Waals surface area (Å²) < 4.78 is 16.4. The molecule has 1 heterocycles. The summed E-state index contributed by atoms with van der Waals surface area (Å²) in [6, 6.07) is 22.6. The van der Waals surface area contributed by atoms with Gasteiger partial charge in [-0.3, -0.25) is 4.79 Å². The molecule has 0 fully saturated rings. The summed E-state index contributed by atoms with van der Waals surface area (Å²) in [5.74, 6) is 1.81. The fraction of sp³-hybridized carbons (Fsp3) is 0.167. The number of nitrogens with one attached hydrogen (secondary N) is 1. The van der Waals surface area contributed by atoms with Crippen molar-refractivity contribution >= 4 is 5.91 Å². The Labute approximate surface area is 174 Å². The molecule has 6 heteroatoms. The van der Waals surface area contributed by atoms with E-state index in [1.54, 1.807) is 19.1 Å². The van der Waals surface area contributed by atoms with Gasteiger partial charge in [-0.2, -0.15) is 5.26 Å². The summed E-state index contributed by atoms with van der Waals surface area (Å²) in [5.41, 5.74) is 3.56. The van der Waals surface area contributed by atoms with Gasteiger partial charge in [0, 0.05) is 6.54 Å². The molecule has 0 bridgehead atoms. The van der Waals surface area contributed by atoms with Crippen LogP contribution in [-0.4, -0.2) is 18.8 Å². The van der Waals surface area contributed by atoms with Crippen molar-refractivity contribution in [2.24, 2.45) is 0 Å². The zero-order valence-corrected chi connectivity index (χ0v) is 16.4. The number of carbonyl (C=O) groups is 1. The fourth-order valence-corrected chi connectivity index (χ4v) is 3.10. The van der Waals surface area contributed by atoms with Crippen molar-refractivity contribution in [1.29, 1.82) is 5.26 Å². The van der Waals surface area contributed by atoms with Crippen molar-refractivity contribution in [2.45, 2.75) is 19.6 Å². The highest BCUT2D eigenvalue weighted by Gasteiger charge is 2.16. The van der Waals surface area contributed by atoms with Crippen LogP contribution in [0.1, 0.15) is 18.1 Å². The second-order valence-electron chi connectivity index (χ2n) is 6.88. The first kappa shape index (κ1) is 19.3. The predicted molar refractivity (Wildman–Crippen MR) is 111 cm³/mol. The van der Waals surface area contributed by atoms with Gasteiger partial charge in [0.1, 0.15) is 5.75 Å². The van der Waals surface area contributed by atoms with E-state index < -0.39 is 6.10 Å². The summed E-state index contributed by atoms with van der Waals surface area (Å²) in [5, 5.41) is 11.8. The standard InChI is InChI=1S/C24H20N2O4/c1-16(24(27)26-14-18-4-11-22-23(12-18)29-15-28-22)30-21-9-7-20(8-10-21)19-5-2-17(13-25)3-6-19/h2-12,16H,14-15H2,1H3,(H,26,27)/t16-/m0/s1. The van der Waals surface area contributed by atoms with Crippen molar-refractivity contribution in [3.05, 3.63) is 77.9 Å². The molecule has 0 aromatic heterocycles. The molecule has 0 saturated heterocycles. The summed E-state index contributed by atoms with van der Waals surface area (Å²) in [6.45, 7) is 2.31. The Morgan fingerprint density at radius 1 is 1.03 bits per heavy atom. The largest absolute Gasteiger partial charge is 0.481 e. The van der Waals surface area contributed by atoms with Crippen LogP contribution in [0.5, 0.6) is 17.2 Å². The number of amides is 1. The van der Waals surface area contributed by atoms with Crippen molar-refractivity contribution in [1.82, 2.24) is 5.32 Å². The van der Waals surface area contributed by atoms with Gasteiger partial charge in [-0.25, -0.2) is 0 Å². The summed E-state index contributed by atoms with van der Waals surface area (Å²) in [7, 11) is 0. The van der Waals surface area contributed by atoms with Gasteiger partial charge in [-0.1, -0.05) is 30.3 Å². The van der Waals surface area contributed by atoms with Crippen molar-refractivity contribution in [3.8, 4) is 34.4 Å². The summed E-state index contributed by atoms with van der Waals surface area (Å²) >= 11 is 0. The van der Waals surface area contributed by atoms with E-state index in [1.165, 1.54) is 0 Å². The van der Waals surface area contributed by atoms with E-state index in [9.17, 15) is 4.79 Å². The van der Waals surface area contributed by atoms with Crippen LogP contribution in [0.4, 0.5) is 0 Å². The lowest BCUT2D eigenvalue weighted by atomic mass is 10.0. The molecule has 0 unspecified atom stereocenters. The van der Waals surface area contributed by atoms with Gasteiger partial charge in [-0.15, -0.1) is 0 Å². The minimum atomic E-state index is -0.639. The summed E-state index contributed by atoms with van der Waals surface area (Å²) in [6.07, 6.45) is -0.639. The Bertz CT molecular complexity index is 1090. The smallest absolute Gasteiger partial charge is 0.261 e. The number of benzene rings is 3. The van der Waals surface area contributed by atoms with Crippen LogP contribution in [0.2, 0.25) is 0 Å². The van der Waals surface area contributed by atoms with Crippen LogP contribution in [0, 0.1) is 11.3 Å². The van der Waals surface area contributed by atoms with Crippen LogP contribution in [0.3, 0.4) is 0 Å². The predicted octanol–water partition coefficient (Wildman–Crippen LogP) is 4.04. The normalized spacial score (nSPS) is 12.7. The van der Waals surface area contributed by atoms with Crippen LogP contribution < -0.4 is 19.5 Å². The van der Waals surface area contributed by atoms with Gasteiger partial charge >= 0.3 is 0 Å². The number of fused-ring (bicyclic) bond motifs is 1. The van der Waals surface area contributed by atoms with Crippen molar-refractivity contribution in [3.63, 3.8) is 0 Å². The maximum absolute atomic E-state index is 12.4. The number of nitrogens with zero attached hydrogens (tertiary/aromatic N) is 1. The third kappa shape index (κ3) is 4.36. The Hall–Kier alpha value is -3.98. The monoisotopic (exact) mass is 400 g/mol. The quantitative estimate of drug-likeness (QED) is 0.676. The van der Waals surface area contributed by atoms with E-state index in [2.05, 4.69) is 11.4 Å². The van der Waals surface area contributed by atoms with E-state index >= 15 is 0 Å². The molecule has 150 valence electrons. The van der Waals surface area contributed by atoms with Crippen LogP contribution in [0.15, 0.2) is 66.7 Å². The van der Waals surface area contributed by atoms with E-state index in [0.29, 0.717) is 29.4 Å². The minimum Gasteiger partial charge on any atom is -0.481 e. The molecule has 4 rings (SSSR count). The second kappa shape index (κ2) is 8.58. The number of ether oxygens (including phenoxy) is 3. The van der Waals surface area contributed by atoms with Gasteiger partial charge < -0.3 is 19.5 Å². The molecule has 1 aliphatic heterocycles. The van der Waals surface area contributed by atoms with E-state index in [4.69, 9.17) is 19.5 Å². The van der Waals surface area contributed by atoms with E-state index in [1.807, 2.05) is 54.6 Å². The van der Waals surface area contributed by atoms with E-state index in [0.717, 1.165) is 16.7 Å². The third-order valence-corrected chi connectivity index (χ3v) is 4.79. The maximum atomic E-state index is 12.4. The highest BCUT2D eigenvalue weighted by molar-refractivity contribution is 5.80. The molecule has 0 spiro atoms. The van der Waals surface area contributed by atoms with Crippen molar-refractivity contribution in [2.75, 3.05) is 6.79 Å². The molecule has 1 atom stereocenters. The third-order valence-electron chi connectivity index (χ3n) is 4.79. The number of carbonyl (C=O) groups excluding carboxylic acids is 1. The van der Waals surface area contributed by atoms with Gasteiger partial charge in [0.2, 0.25) is 6.79 Å². The lowest BCUT2D eigenvalue weighted by molar-refractivity contribution is -0.127. The Morgan fingerprint density at radius 3 is 2.40 bits per heavy atom. The molecule has 0 saturated carbocycles. The number of hydrogen-bond acceptors (Lipinski definition) is 5. The van der Waals surface area contributed by atoms with Gasteiger partial charge in [0.05, 0.1) is 11.6 Å². The van der Waals surface area contributed by atoms with Gasteiger partial charge in [-0.05, 0) is 60.0 Å². The molecule has 1 amide bonds. The van der Waals surface area contributed by atoms with Crippen molar-refractivity contribution < 1.29 is 19.0 Å². The van der Waals surface area contributed by atoms with Crippen LogP contribution in [-0.2, 0) is 11.3 Å². The molecule has 1 aliphatic rings. The lowest BCUT2D eigenvalue weighted by Crippen LogP contribution is -2.35. The zero-order chi connectivity index (χ0) is 20.9. The first-order valence-corrected chi connectivity index (χ1v) is 9.56. The Morgan fingerprint density at radius 2 is 1.70 bits per heavy atom. The average Bonchev–Trinajstić information content (AvgIpc) is 3.26. The number of nitriles is 1. The molecule has 1 N–H and O–H groups in total. The molecular formula is C24H20N2O4. The molecule has 0 radical (unpaired) electrons. The Balaban J connectivity index is 1.32. The fourth-order valence-electron chi connectivity index (χ4n) is 3.10. The highest BCUT2D eigenvalue weighted by Crippen LogP contribution is 2.32. The molecular weight excluding hydrogens is 380 g/mol. The number of rotatable bonds is 6. The Kier molecular flexibility index (Phi) is 5.53. The molecule has 30 heavy (non-hydrogen) atoms. The first-order valence-electron chi connectivity index (χ1n) is 9.56. The average molecular weight is 400 g/mol. The molecule has 3 aromatic carbocycles. The van der Waals surface area contributed by atoms with E-state index in [-0.39, 0.29) is 12.7 Å². The van der Waals surface area contributed by atoms with Gasteiger partial charge in [0.25, 0.3) is 5.91 Å². The zero-order valence-electron chi connectivity index (χ0n) is 16.4. The summed E-state index contributed by atoms with van der Waals surface area (Å²) in [4.78, 5) is 12.4. The number of hydrogen-bond donors (Lipinski definition) is 1. The topological polar surface area (TPSA) is 80.6 Å². The first-order chi connectivity index (χ1) is 14.6. The SMILES string of the molecule is C[C@H](Oc1ccc(-c2ccc(C#N)cc2)cc1)C(=O)NCc1ccc2c(c1)OCO2. The van der Waals surface area contributed by atoms with Crippen LogP contribution in [0.25, 0.3) is 11.1 Å². The van der Waals surface area contributed by atoms with Crippen LogP contribution >= 0.6 is 0 Å². The maximum Gasteiger partial charge on any atom is 0.261 e. The minimum absolute atomic E-state index is 0.205. The second-order valence-corrected chi connectivity index (χ2v) is 6.88.